The molecule has 2 nitrogen and oxygen atoms in total. The van der Waals surface area contributed by atoms with Crippen LogP contribution in [0.25, 0.3) is 0 Å². The predicted molar refractivity (Wildman–Crippen MR) is 57.1 cm³/mol. The third-order valence-corrected chi connectivity index (χ3v) is 2.19. The Morgan fingerprint density at radius 1 is 1.57 bits per heavy atom. The molecule has 0 aliphatic heterocycles. The molecule has 76 valence electrons. The largest absolute Gasteiger partial charge is 0.351 e. The third kappa shape index (κ3) is 3.20. The Kier molecular flexibility index (Phi) is 4.22. The van der Waals surface area contributed by atoms with Crippen molar-refractivity contribution in [2.24, 2.45) is 0 Å². The summed E-state index contributed by atoms with van der Waals surface area (Å²) in [5.74, 6) is -0.501. The van der Waals surface area contributed by atoms with E-state index in [0.717, 1.165) is 5.56 Å². The third-order valence-electron chi connectivity index (χ3n) is 1.62. The number of rotatable bonds is 3. The van der Waals surface area contributed by atoms with E-state index in [1.165, 1.54) is 12.1 Å². The molecule has 0 fully saturated rings. The summed E-state index contributed by atoms with van der Waals surface area (Å²) in [6.45, 7) is 0.333. The van der Waals surface area contributed by atoms with Crippen LogP contribution in [0.1, 0.15) is 5.56 Å². The Morgan fingerprint density at radius 2 is 2.29 bits per heavy atom. The maximum atomic E-state index is 12.7. The smallest absolute Gasteiger partial charge is 0.229 e. The van der Waals surface area contributed by atoms with Crippen LogP contribution < -0.4 is 5.32 Å². The Morgan fingerprint density at radius 3 is 2.86 bits per heavy atom. The van der Waals surface area contributed by atoms with Crippen molar-refractivity contribution < 1.29 is 9.18 Å². The van der Waals surface area contributed by atoms with Crippen molar-refractivity contribution in [2.45, 2.75) is 6.54 Å². The number of amides is 1. The van der Waals surface area contributed by atoms with E-state index in [9.17, 15) is 9.18 Å². The summed E-state index contributed by atoms with van der Waals surface area (Å²) in [5.41, 5.74) is 0.756. The van der Waals surface area contributed by atoms with E-state index in [2.05, 4.69) is 17.9 Å². The summed E-state index contributed by atoms with van der Waals surface area (Å²) < 4.78 is 12.7. The van der Waals surface area contributed by atoms with E-state index < -0.39 is 5.82 Å². The van der Waals surface area contributed by atoms with Gasteiger partial charge < -0.3 is 5.32 Å². The maximum absolute atomic E-state index is 12.7. The molecule has 0 aliphatic carbocycles. The predicted octanol–water partition coefficient (Wildman–Crippen LogP) is 2.03. The highest BCUT2D eigenvalue weighted by Gasteiger charge is 2.02. The normalized spacial score (nSPS) is 9.93. The molecule has 0 saturated carbocycles. The number of nitrogens with one attached hydrogen (secondary N) is 1. The molecule has 0 unspecified atom stereocenters. The SMILES string of the molecule is O=C(CS)NCc1ccc(F)c(Cl)c1. The van der Waals surface area contributed by atoms with Crippen LogP contribution in [0.5, 0.6) is 0 Å². The molecule has 0 bridgehead atoms. The Hall–Kier alpha value is -0.740. The highest BCUT2D eigenvalue weighted by atomic mass is 35.5. The standard InChI is InChI=1S/C9H9ClFNOS/c10-7-3-6(1-2-8(7)11)4-12-9(13)5-14/h1-3,14H,4-5H2,(H,12,13). The first-order chi connectivity index (χ1) is 6.63. The van der Waals surface area contributed by atoms with Gasteiger partial charge in [-0.3, -0.25) is 4.79 Å². The van der Waals surface area contributed by atoms with Crippen LogP contribution in [0.3, 0.4) is 0 Å². The van der Waals surface area contributed by atoms with Crippen molar-refractivity contribution in [3.63, 3.8) is 0 Å². The van der Waals surface area contributed by atoms with Crippen LogP contribution in [-0.4, -0.2) is 11.7 Å². The van der Waals surface area contributed by atoms with Gasteiger partial charge in [0.15, 0.2) is 0 Å². The lowest BCUT2D eigenvalue weighted by atomic mass is 10.2. The molecule has 1 aromatic carbocycles. The molecule has 14 heavy (non-hydrogen) atoms. The summed E-state index contributed by atoms with van der Waals surface area (Å²) in [6.07, 6.45) is 0. The fourth-order valence-corrected chi connectivity index (χ4v) is 1.22. The molecule has 0 spiro atoms. The fourth-order valence-electron chi connectivity index (χ4n) is 0.906. The second kappa shape index (κ2) is 5.22. The lowest BCUT2D eigenvalue weighted by Gasteiger charge is -2.04. The van der Waals surface area contributed by atoms with Crippen LogP contribution in [-0.2, 0) is 11.3 Å². The topological polar surface area (TPSA) is 29.1 Å². The molecule has 0 heterocycles. The van der Waals surface area contributed by atoms with Gasteiger partial charge in [-0.25, -0.2) is 4.39 Å². The van der Waals surface area contributed by atoms with Gasteiger partial charge in [-0.05, 0) is 17.7 Å². The highest BCUT2D eigenvalue weighted by molar-refractivity contribution is 7.81. The van der Waals surface area contributed by atoms with E-state index >= 15 is 0 Å². The first kappa shape index (κ1) is 11.3. The lowest BCUT2D eigenvalue weighted by molar-refractivity contribution is -0.118. The summed E-state index contributed by atoms with van der Waals surface area (Å²) in [4.78, 5) is 10.8. The molecule has 1 N–H and O–H groups in total. The zero-order chi connectivity index (χ0) is 10.6. The molecule has 0 aromatic heterocycles. The minimum absolute atomic E-state index is 0.0580. The highest BCUT2D eigenvalue weighted by Crippen LogP contribution is 2.15. The first-order valence-corrected chi connectivity index (χ1v) is 4.96. The Labute approximate surface area is 91.9 Å². The second-order valence-corrected chi connectivity index (χ2v) is 3.41. The summed E-state index contributed by atoms with van der Waals surface area (Å²) >= 11 is 9.36. The molecular formula is C9H9ClFNOS. The van der Waals surface area contributed by atoms with Crippen molar-refractivity contribution in [1.29, 1.82) is 0 Å². The number of carbonyl (C=O) groups is 1. The molecule has 1 aromatic rings. The number of hydrogen-bond acceptors (Lipinski definition) is 2. The van der Waals surface area contributed by atoms with Gasteiger partial charge in [0, 0.05) is 6.54 Å². The van der Waals surface area contributed by atoms with E-state index in [-0.39, 0.29) is 16.7 Å². The number of halogens is 2. The van der Waals surface area contributed by atoms with Crippen LogP contribution >= 0.6 is 24.2 Å². The summed E-state index contributed by atoms with van der Waals surface area (Å²) in [6, 6.07) is 4.32. The van der Waals surface area contributed by atoms with Crippen molar-refractivity contribution in [3.8, 4) is 0 Å². The van der Waals surface area contributed by atoms with Gasteiger partial charge in [0.05, 0.1) is 10.8 Å². The van der Waals surface area contributed by atoms with E-state index in [1.807, 2.05) is 0 Å². The zero-order valence-electron chi connectivity index (χ0n) is 7.26. The fraction of sp³-hybridized carbons (Fsp3) is 0.222. The van der Waals surface area contributed by atoms with Crippen molar-refractivity contribution in [1.82, 2.24) is 5.32 Å². The van der Waals surface area contributed by atoms with Crippen LogP contribution in [0, 0.1) is 5.82 Å². The average molecular weight is 234 g/mol. The number of carbonyl (C=O) groups excluding carboxylic acids is 1. The van der Waals surface area contributed by atoms with E-state index in [1.54, 1.807) is 6.07 Å². The number of benzene rings is 1. The quantitative estimate of drug-likeness (QED) is 0.769. The van der Waals surface area contributed by atoms with Gasteiger partial charge in [0.2, 0.25) is 5.91 Å². The van der Waals surface area contributed by atoms with Crippen LogP contribution in [0.2, 0.25) is 5.02 Å². The molecule has 1 rings (SSSR count). The molecule has 0 radical (unpaired) electrons. The van der Waals surface area contributed by atoms with Gasteiger partial charge in [-0.15, -0.1) is 0 Å². The molecular weight excluding hydrogens is 225 g/mol. The van der Waals surface area contributed by atoms with Gasteiger partial charge in [0.1, 0.15) is 5.82 Å². The van der Waals surface area contributed by atoms with Crippen molar-refractivity contribution in [2.75, 3.05) is 5.75 Å². The van der Waals surface area contributed by atoms with E-state index in [0.29, 0.717) is 6.54 Å². The van der Waals surface area contributed by atoms with Gasteiger partial charge in [0.25, 0.3) is 0 Å². The van der Waals surface area contributed by atoms with Gasteiger partial charge in [-0.2, -0.15) is 12.6 Å². The van der Waals surface area contributed by atoms with Crippen molar-refractivity contribution >= 4 is 30.1 Å². The summed E-state index contributed by atoms with van der Waals surface area (Å²) in [5, 5.41) is 2.66. The maximum Gasteiger partial charge on any atom is 0.229 e. The minimum atomic E-state index is -0.462. The molecule has 5 heteroatoms. The monoisotopic (exact) mass is 233 g/mol. The molecule has 0 atom stereocenters. The van der Waals surface area contributed by atoms with Crippen molar-refractivity contribution in [3.05, 3.63) is 34.6 Å². The number of hydrogen-bond donors (Lipinski definition) is 2. The molecule has 1 amide bonds. The average Bonchev–Trinajstić information content (AvgIpc) is 2.19. The zero-order valence-corrected chi connectivity index (χ0v) is 8.91. The molecule has 0 saturated heterocycles. The Bertz CT molecular complexity index is 346. The Balaban J connectivity index is 2.60. The summed E-state index contributed by atoms with van der Waals surface area (Å²) in [7, 11) is 0. The van der Waals surface area contributed by atoms with E-state index in [4.69, 9.17) is 11.6 Å². The number of thiol groups is 1. The first-order valence-electron chi connectivity index (χ1n) is 3.95. The van der Waals surface area contributed by atoms with Gasteiger partial charge >= 0.3 is 0 Å². The minimum Gasteiger partial charge on any atom is -0.351 e. The lowest BCUT2D eigenvalue weighted by Crippen LogP contribution is -2.23. The van der Waals surface area contributed by atoms with Gasteiger partial charge in [-0.1, -0.05) is 17.7 Å². The molecule has 0 aliphatic rings. The van der Waals surface area contributed by atoms with Crippen LogP contribution in [0.4, 0.5) is 4.39 Å². The van der Waals surface area contributed by atoms with Crippen LogP contribution in [0.15, 0.2) is 18.2 Å². The second-order valence-electron chi connectivity index (χ2n) is 2.68.